The summed E-state index contributed by atoms with van der Waals surface area (Å²) in [6, 6.07) is 13.1. The lowest BCUT2D eigenvalue weighted by Gasteiger charge is -2.22. The topological polar surface area (TPSA) is 145 Å². The highest BCUT2D eigenvalue weighted by atomic mass is 16.6. The lowest BCUT2D eigenvalue weighted by Crippen LogP contribution is -2.49. The van der Waals surface area contributed by atoms with Crippen LogP contribution in [0.25, 0.3) is 0 Å². The molecule has 0 radical (unpaired) electrons. The summed E-state index contributed by atoms with van der Waals surface area (Å²) in [6.07, 6.45) is 0.606. The lowest BCUT2D eigenvalue weighted by molar-refractivity contribution is -0.139. The van der Waals surface area contributed by atoms with E-state index in [9.17, 15) is 14.4 Å². The number of benzene rings is 2. The van der Waals surface area contributed by atoms with Crippen molar-refractivity contribution in [2.24, 2.45) is 5.10 Å². The SMILES string of the molecule is CCOc1cc(/C=N\NC(=O)[C@H](COCc2ccccc2)NC(=O)OC(C)(C)C)ccc1OCC(=O)O. The average Bonchev–Trinajstić information content (AvgIpc) is 2.82. The number of carboxylic acid groups (broad SMARTS) is 1. The fourth-order valence-electron chi connectivity index (χ4n) is 2.88. The first-order chi connectivity index (χ1) is 17.6. The van der Waals surface area contributed by atoms with Crippen molar-refractivity contribution in [3.63, 3.8) is 0 Å². The quantitative estimate of drug-likeness (QED) is 0.273. The maximum Gasteiger partial charge on any atom is 0.408 e. The molecular formula is C26H33N3O8. The van der Waals surface area contributed by atoms with Gasteiger partial charge in [0.2, 0.25) is 0 Å². The average molecular weight is 516 g/mol. The third-order valence-electron chi connectivity index (χ3n) is 4.41. The van der Waals surface area contributed by atoms with Gasteiger partial charge < -0.3 is 29.4 Å². The molecule has 11 nitrogen and oxygen atoms in total. The summed E-state index contributed by atoms with van der Waals surface area (Å²) in [5, 5.41) is 15.3. The van der Waals surface area contributed by atoms with Gasteiger partial charge in [-0.2, -0.15) is 5.10 Å². The predicted octanol–water partition coefficient (Wildman–Crippen LogP) is 3.11. The molecular weight excluding hydrogens is 482 g/mol. The Morgan fingerprint density at radius 1 is 1.05 bits per heavy atom. The second kappa shape index (κ2) is 14.4. The molecule has 0 aliphatic rings. The minimum atomic E-state index is -1.11. The van der Waals surface area contributed by atoms with Crippen LogP contribution < -0.4 is 20.2 Å². The maximum atomic E-state index is 12.8. The monoisotopic (exact) mass is 515 g/mol. The number of carbonyl (C=O) groups excluding carboxylic acids is 2. The van der Waals surface area contributed by atoms with Gasteiger partial charge in [0.25, 0.3) is 5.91 Å². The van der Waals surface area contributed by atoms with Gasteiger partial charge in [-0.25, -0.2) is 15.0 Å². The zero-order valence-electron chi connectivity index (χ0n) is 21.4. The van der Waals surface area contributed by atoms with Gasteiger partial charge in [0.1, 0.15) is 11.6 Å². The van der Waals surface area contributed by atoms with Gasteiger partial charge in [-0.05, 0) is 57.0 Å². The van der Waals surface area contributed by atoms with E-state index in [2.05, 4.69) is 15.8 Å². The van der Waals surface area contributed by atoms with Crippen LogP contribution in [0.15, 0.2) is 53.6 Å². The van der Waals surface area contributed by atoms with E-state index in [4.69, 9.17) is 24.1 Å². The van der Waals surface area contributed by atoms with E-state index in [0.717, 1.165) is 5.56 Å². The van der Waals surface area contributed by atoms with E-state index >= 15 is 0 Å². The van der Waals surface area contributed by atoms with E-state index in [1.165, 1.54) is 6.21 Å². The summed E-state index contributed by atoms with van der Waals surface area (Å²) in [7, 11) is 0. The van der Waals surface area contributed by atoms with Crippen LogP contribution in [0.2, 0.25) is 0 Å². The van der Waals surface area contributed by atoms with E-state index < -0.39 is 36.2 Å². The van der Waals surface area contributed by atoms with Crippen molar-refractivity contribution in [3.05, 3.63) is 59.7 Å². The largest absolute Gasteiger partial charge is 0.490 e. The highest BCUT2D eigenvalue weighted by molar-refractivity contribution is 5.87. The summed E-state index contributed by atoms with van der Waals surface area (Å²) < 4.78 is 21.6. The summed E-state index contributed by atoms with van der Waals surface area (Å²) in [5.41, 5.74) is 3.11. The van der Waals surface area contributed by atoms with Crippen molar-refractivity contribution in [1.29, 1.82) is 0 Å². The number of aliphatic carboxylic acids is 1. The number of alkyl carbamates (subject to hydrolysis) is 1. The number of carbonyl (C=O) groups is 3. The normalized spacial score (nSPS) is 12.0. The first-order valence-corrected chi connectivity index (χ1v) is 11.6. The molecule has 0 bridgehead atoms. The van der Waals surface area contributed by atoms with Gasteiger partial charge >= 0.3 is 12.1 Å². The van der Waals surface area contributed by atoms with E-state index in [1.807, 2.05) is 30.3 Å². The van der Waals surface area contributed by atoms with Crippen molar-refractivity contribution >= 4 is 24.2 Å². The van der Waals surface area contributed by atoms with Crippen LogP contribution in [0.4, 0.5) is 4.79 Å². The number of nitrogens with zero attached hydrogens (tertiary/aromatic N) is 1. The van der Waals surface area contributed by atoms with Crippen LogP contribution in [0, 0.1) is 0 Å². The molecule has 3 N–H and O–H groups in total. The maximum absolute atomic E-state index is 12.8. The van der Waals surface area contributed by atoms with Crippen molar-refractivity contribution in [2.45, 2.75) is 45.9 Å². The second-order valence-electron chi connectivity index (χ2n) is 8.76. The minimum Gasteiger partial charge on any atom is -0.490 e. The van der Waals surface area contributed by atoms with Crippen molar-refractivity contribution in [1.82, 2.24) is 10.7 Å². The number of rotatable bonds is 13. The molecule has 0 aromatic heterocycles. The lowest BCUT2D eigenvalue weighted by atomic mass is 10.2. The molecule has 0 fully saturated rings. The number of amides is 2. The van der Waals surface area contributed by atoms with Crippen molar-refractivity contribution in [2.75, 3.05) is 19.8 Å². The zero-order valence-corrected chi connectivity index (χ0v) is 21.4. The van der Waals surface area contributed by atoms with Crippen molar-refractivity contribution < 1.29 is 38.4 Å². The van der Waals surface area contributed by atoms with E-state index in [0.29, 0.717) is 17.9 Å². The summed E-state index contributed by atoms with van der Waals surface area (Å²) in [4.78, 5) is 35.8. The van der Waals surface area contributed by atoms with Crippen molar-refractivity contribution in [3.8, 4) is 11.5 Å². The molecule has 2 aromatic rings. The molecule has 11 heteroatoms. The molecule has 0 aliphatic heterocycles. The Morgan fingerprint density at radius 2 is 1.78 bits per heavy atom. The molecule has 2 amide bonds. The van der Waals surface area contributed by atoms with Gasteiger partial charge in [-0.1, -0.05) is 30.3 Å². The molecule has 2 aromatic carbocycles. The second-order valence-corrected chi connectivity index (χ2v) is 8.76. The van der Waals surface area contributed by atoms with Gasteiger partial charge in [-0.15, -0.1) is 0 Å². The molecule has 37 heavy (non-hydrogen) atoms. The molecule has 200 valence electrons. The molecule has 0 saturated heterocycles. The van der Waals surface area contributed by atoms with Crippen LogP contribution in [0.1, 0.15) is 38.8 Å². The van der Waals surface area contributed by atoms with E-state index in [-0.39, 0.29) is 19.0 Å². The molecule has 0 aliphatic carbocycles. The number of ether oxygens (including phenoxy) is 4. The Bertz CT molecular complexity index is 1070. The Kier molecular flexibility index (Phi) is 11.4. The molecule has 2 rings (SSSR count). The molecule has 1 atom stereocenters. The first-order valence-electron chi connectivity index (χ1n) is 11.6. The van der Waals surface area contributed by atoms with Crippen LogP contribution in [-0.2, 0) is 25.7 Å². The number of hydrogen-bond donors (Lipinski definition) is 3. The predicted molar refractivity (Wildman–Crippen MR) is 136 cm³/mol. The smallest absolute Gasteiger partial charge is 0.408 e. The summed E-state index contributed by atoms with van der Waals surface area (Å²) in [5.74, 6) is -1.12. The van der Waals surface area contributed by atoms with E-state index in [1.54, 1.807) is 45.9 Å². The van der Waals surface area contributed by atoms with Crippen LogP contribution in [-0.4, -0.2) is 60.8 Å². The summed E-state index contributed by atoms with van der Waals surface area (Å²) in [6.45, 7) is 6.88. The number of nitrogens with one attached hydrogen (secondary N) is 2. The Balaban J connectivity index is 2.04. The van der Waals surface area contributed by atoms with Gasteiger partial charge in [-0.3, -0.25) is 4.79 Å². The number of hydrogen-bond acceptors (Lipinski definition) is 8. The summed E-state index contributed by atoms with van der Waals surface area (Å²) >= 11 is 0. The van der Waals surface area contributed by atoms with Gasteiger partial charge in [0, 0.05) is 0 Å². The molecule has 0 heterocycles. The zero-order chi connectivity index (χ0) is 27.3. The minimum absolute atomic E-state index is 0.112. The number of hydrazone groups is 1. The fraction of sp³-hybridized carbons (Fsp3) is 0.385. The fourth-order valence-corrected chi connectivity index (χ4v) is 2.88. The third kappa shape index (κ3) is 11.4. The molecule has 0 spiro atoms. The van der Waals surface area contributed by atoms with Gasteiger partial charge in [0.05, 0.1) is 26.0 Å². The highest BCUT2D eigenvalue weighted by Crippen LogP contribution is 2.28. The van der Waals surface area contributed by atoms with Crippen LogP contribution in [0.5, 0.6) is 11.5 Å². The Labute approximate surface area is 215 Å². The Hall–Kier alpha value is -4.12. The molecule has 0 saturated carbocycles. The standard InChI is InChI=1S/C26H33N3O8/c1-5-35-22-13-19(11-12-21(22)36-17-23(30)31)14-27-29-24(32)20(28-25(33)37-26(2,3)4)16-34-15-18-9-7-6-8-10-18/h6-14,20H,5,15-17H2,1-4H3,(H,28,33)(H,29,32)(H,30,31)/b27-14-/t20-/m0/s1. The van der Waals surface area contributed by atoms with Crippen LogP contribution >= 0.6 is 0 Å². The Morgan fingerprint density at radius 3 is 2.43 bits per heavy atom. The highest BCUT2D eigenvalue weighted by Gasteiger charge is 2.24. The molecule has 0 unspecified atom stereocenters. The number of carboxylic acids is 1. The third-order valence-corrected chi connectivity index (χ3v) is 4.41. The van der Waals surface area contributed by atoms with Gasteiger partial charge in [0.15, 0.2) is 18.1 Å². The van der Waals surface area contributed by atoms with Crippen LogP contribution in [0.3, 0.4) is 0 Å². The first kappa shape index (κ1) is 29.1.